The molecule has 0 bridgehead atoms. The Balaban J connectivity index is 1.98. The molecule has 2 aromatic heterocycles. The van der Waals surface area contributed by atoms with E-state index in [4.69, 9.17) is 4.98 Å². The van der Waals surface area contributed by atoms with Gasteiger partial charge < -0.3 is 5.32 Å². The van der Waals surface area contributed by atoms with Crippen molar-refractivity contribution in [1.82, 2.24) is 20.3 Å². The molecule has 1 aliphatic carbocycles. The quantitative estimate of drug-likeness (QED) is 0.898. The molecule has 0 unspecified atom stereocenters. The minimum Gasteiger partial charge on any atom is -0.315 e. The van der Waals surface area contributed by atoms with Gasteiger partial charge in [0.1, 0.15) is 10.7 Å². The number of hydrogen-bond acceptors (Lipinski definition) is 5. The minimum atomic E-state index is 0.681. The minimum absolute atomic E-state index is 0.681. The van der Waals surface area contributed by atoms with Crippen LogP contribution in [0.2, 0.25) is 0 Å². The molecule has 17 heavy (non-hydrogen) atoms. The van der Waals surface area contributed by atoms with E-state index in [1.165, 1.54) is 23.4 Å². The molecule has 5 heteroatoms. The average molecular weight is 246 g/mol. The van der Waals surface area contributed by atoms with Crippen molar-refractivity contribution >= 4 is 11.3 Å². The summed E-state index contributed by atoms with van der Waals surface area (Å²) in [5, 5.41) is 4.20. The molecule has 2 aromatic rings. The summed E-state index contributed by atoms with van der Waals surface area (Å²) >= 11 is 1.73. The molecule has 2 heterocycles. The third-order valence-electron chi connectivity index (χ3n) is 2.81. The van der Waals surface area contributed by atoms with Crippen molar-refractivity contribution in [3.63, 3.8) is 0 Å². The average Bonchev–Trinajstić information content (AvgIpc) is 3.13. The van der Waals surface area contributed by atoms with Crippen LogP contribution in [0, 0.1) is 0 Å². The van der Waals surface area contributed by atoms with Crippen LogP contribution in [0.1, 0.15) is 29.3 Å². The summed E-state index contributed by atoms with van der Waals surface area (Å²) in [5.74, 6) is 0.681. The van der Waals surface area contributed by atoms with Gasteiger partial charge in [-0.15, -0.1) is 11.3 Å². The number of nitrogens with zero attached hydrogens (tertiary/aromatic N) is 3. The Labute approximate surface area is 104 Å². The molecule has 0 aromatic carbocycles. The van der Waals surface area contributed by atoms with E-state index in [9.17, 15) is 0 Å². The van der Waals surface area contributed by atoms with Crippen molar-refractivity contribution in [2.24, 2.45) is 0 Å². The van der Waals surface area contributed by atoms with Crippen LogP contribution in [0.3, 0.4) is 0 Å². The fourth-order valence-corrected chi connectivity index (χ4v) is 2.97. The van der Waals surface area contributed by atoms with E-state index in [-0.39, 0.29) is 0 Å². The molecule has 0 amide bonds. The molecular formula is C12H14N4S. The van der Waals surface area contributed by atoms with Crippen molar-refractivity contribution in [3.05, 3.63) is 29.2 Å². The Kier molecular flexibility index (Phi) is 2.86. The first-order valence-corrected chi connectivity index (χ1v) is 6.60. The van der Waals surface area contributed by atoms with E-state index in [0.29, 0.717) is 5.92 Å². The van der Waals surface area contributed by atoms with Crippen molar-refractivity contribution in [3.8, 4) is 10.7 Å². The lowest BCUT2D eigenvalue weighted by atomic mass is 10.2. The highest BCUT2D eigenvalue weighted by atomic mass is 32.1. The van der Waals surface area contributed by atoms with Crippen LogP contribution < -0.4 is 5.32 Å². The second-order valence-electron chi connectivity index (χ2n) is 4.22. The van der Waals surface area contributed by atoms with Crippen molar-refractivity contribution in [2.45, 2.75) is 25.3 Å². The predicted octanol–water partition coefficient (Wildman–Crippen LogP) is 2.20. The maximum absolute atomic E-state index is 4.74. The Morgan fingerprint density at radius 3 is 2.94 bits per heavy atom. The van der Waals surface area contributed by atoms with E-state index < -0.39 is 0 Å². The largest absolute Gasteiger partial charge is 0.315 e. The summed E-state index contributed by atoms with van der Waals surface area (Å²) in [7, 11) is 1.97. The third-order valence-corrected chi connectivity index (χ3v) is 3.90. The van der Waals surface area contributed by atoms with Gasteiger partial charge in [0.05, 0.1) is 11.9 Å². The van der Waals surface area contributed by atoms with Crippen LogP contribution in [0.5, 0.6) is 0 Å². The highest BCUT2D eigenvalue weighted by molar-refractivity contribution is 7.15. The molecule has 1 saturated carbocycles. The smallest absolute Gasteiger partial charge is 0.144 e. The van der Waals surface area contributed by atoms with Gasteiger partial charge in [-0.05, 0) is 19.9 Å². The summed E-state index contributed by atoms with van der Waals surface area (Å²) < 4.78 is 0. The molecule has 0 atom stereocenters. The number of nitrogens with one attached hydrogen (secondary N) is 1. The highest BCUT2D eigenvalue weighted by Gasteiger charge is 2.29. The lowest BCUT2D eigenvalue weighted by Crippen LogP contribution is -2.05. The van der Waals surface area contributed by atoms with E-state index in [2.05, 4.69) is 15.3 Å². The molecule has 0 spiro atoms. The van der Waals surface area contributed by atoms with Gasteiger partial charge in [-0.3, -0.25) is 9.97 Å². The normalized spacial score (nSPS) is 15.1. The van der Waals surface area contributed by atoms with Crippen LogP contribution in [-0.2, 0) is 6.54 Å². The third kappa shape index (κ3) is 2.21. The van der Waals surface area contributed by atoms with Gasteiger partial charge in [-0.1, -0.05) is 0 Å². The summed E-state index contributed by atoms with van der Waals surface area (Å²) in [6.45, 7) is 0.893. The summed E-state index contributed by atoms with van der Waals surface area (Å²) in [5.41, 5.74) is 2.15. The highest BCUT2D eigenvalue weighted by Crippen LogP contribution is 2.43. The maximum atomic E-state index is 4.74. The molecule has 0 radical (unpaired) electrons. The van der Waals surface area contributed by atoms with E-state index >= 15 is 0 Å². The Bertz CT molecular complexity index is 504. The number of rotatable bonds is 4. The van der Waals surface area contributed by atoms with Crippen LogP contribution in [-0.4, -0.2) is 22.0 Å². The van der Waals surface area contributed by atoms with Crippen LogP contribution in [0.4, 0.5) is 0 Å². The van der Waals surface area contributed by atoms with Crippen LogP contribution >= 0.6 is 11.3 Å². The lowest BCUT2D eigenvalue weighted by Gasteiger charge is -1.97. The first kappa shape index (κ1) is 10.8. The Morgan fingerprint density at radius 2 is 2.29 bits per heavy atom. The summed E-state index contributed by atoms with van der Waals surface area (Å²) in [6, 6.07) is 0. The monoisotopic (exact) mass is 246 g/mol. The second-order valence-corrected chi connectivity index (χ2v) is 5.31. The Morgan fingerprint density at radius 1 is 1.41 bits per heavy atom. The predicted molar refractivity (Wildman–Crippen MR) is 67.9 cm³/mol. The van der Waals surface area contributed by atoms with Gasteiger partial charge in [-0.2, -0.15) is 0 Å². The van der Waals surface area contributed by atoms with Gasteiger partial charge in [0.15, 0.2) is 0 Å². The molecule has 88 valence electrons. The molecule has 1 N–H and O–H groups in total. The fourth-order valence-electron chi connectivity index (χ4n) is 1.85. The van der Waals surface area contributed by atoms with E-state index in [1.807, 2.05) is 7.05 Å². The zero-order valence-electron chi connectivity index (χ0n) is 9.68. The van der Waals surface area contributed by atoms with Gasteiger partial charge in [0.2, 0.25) is 0 Å². The second kappa shape index (κ2) is 4.50. The van der Waals surface area contributed by atoms with E-state index in [1.54, 1.807) is 29.9 Å². The molecule has 0 aliphatic heterocycles. The first-order chi connectivity index (χ1) is 8.38. The molecule has 4 nitrogen and oxygen atoms in total. The molecular weight excluding hydrogens is 232 g/mol. The van der Waals surface area contributed by atoms with E-state index in [0.717, 1.165) is 17.2 Å². The number of aromatic nitrogens is 3. The standard InChI is InChI=1S/C12H14N4S/c1-13-7-10-11(8-2-3-8)16-12(17-10)9-6-14-4-5-15-9/h4-6,8,13H,2-3,7H2,1H3. The van der Waals surface area contributed by atoms with Crippen molar-refractivity contribution in [2.75, 3.05) is 7.05 Å². The lowest BCUT2D eigenvalue weighted by molar-refractivity contribution is 0.813. The number of thiazole rings is 1. The SMILES string of the molecule is CNCc1sc(-c2cnccn2)nc1C1CC1. The van der Waals surface area contributed by atoms with Crippen LogP contribution in [0.15, 0.2) is 18.6 Å². The molecule has 0 saturated heterocycles. The summed E-state index contributed by atoms with van der Waals surface area (Å²) in [4.78, 5) is 14.5. The topological polar surface area (TPSA) is 50.7 Å². The fraction of sp³-hybridized carbons (Fsp3) is 0.417. The van der Waals surface area contributed by atoms with Crippen molar-refractivity contribution in [1.29, 1.82) is 0 Å². The first-order valence-electron chi connectivity index (χ1n) is 5.79. The Hall–Kier alpha value is -1.33. The maximum Gasteiger partial charge on any atom is 0.144 e. The van der Waals surface area contributed by atoms with Gasteiger partial charge in [-0.25, -0.2) is 4.98 Å². The summed E-state index contributed by atoms with van der Waals surface area (Å²) in [6.07, 6.45) is 7.73. The molecule has 1 aliphatic rings. The van der Waals surface area contributed by atoms with Crippen molar-refractivity contribution < 1.29 is 0 Å². The molecule has 3 rings (SSSR count). The molecule has 1 fully saturated rings. The van der Waals surface area contributed by atoms with Gasteiger partial charge in [0.25, 0.3) is 0 Å². The van der Waals surface area contributed by atoms with Gasteiger partial charge >= 0.3 is 0 Å². The van der Waals surface area contributed by atoms with Crippen LogP contribution in [0.25, 0.3) is 10.7 Å². The number of hydrogen-bond donors (Lipinski definition) is 1. The zero-order chi connectivity index (χ0) is 11.7. The van der Waals surface area contributed by atoms with Gasteiger partial charge in [0, 0.05) is 29.7 Å². The zero-order valence-corrected chi connectivity index (χ0v) is 10.5.